The second-order valence-corrected chi connectivity index (χ2v) is 6.52. The summed E-state index contributed by atoms with van der Waals surface area (Å²) >= 11 is 0. The number of benzene rings is 1. The summed E-state index contributed by atoms with van der Waals surface area (Å²) in [5.74, 6) is 0.427. The summed E-state index contributed by atoms with van der Waals surface area (Å²) in [6.45, 7) is 2.13. The fraction of sp³-hybridized carbons (Fsp3) is 0.368. The van der Waals surface area contributed by atoms with Crippen molar-refractivity contribution in [3.63, 3.8) is 0 Å². The van der Waals surface area contributed by atoms with Gasteiger partial charge in [-0.05, 0) is 50.3 Å². The number of hydrogen-bond donors (Lipinski definition) is 1. The number of carbonyl (C=O) groups is 1. The van der Waals surface area contributed by atoms with Crippen LogP contribution in [0.1, 0.15) is 47.1 Å². The molecule has 0 bridgehead atoms. The van der Waals surface area contributed by atoms with Crippen molar-refractivity contribution in [2.75, 3.05) is 5.73 Å². The number of nitrogens with two attached hydrogens (primary N) is 1. The molecule has 0 unspecified atom stereocenters. The van der Waals surface area contributed by atoms with E-state index in [1.807, 2.05) is 19.2 Å². The van der Waals surface area contributed by atoms with Crippen LogP contribution in [0.25, 0.3) is 10.9 Å². The van der Waals surface area contributed by atoms with Crippen LogP contribution < -0.4 is 5.73 Å². The molecular formula is C19H22N4O. The molecule has 1 aliphatic carbocycles. The predicted molar refractivity (Wildman–Crippen MR) is 95.3 cm³/mol. The maximum Gasteiger partial charge on any atom is 0.279 e. The monoisotopic (exact) mass is 322 g/mol. The molecule has 0 fully saturated rings. The number of fused-ring (bicyclic) bond motifs is 2. The van der Waals surface area contributed by atoms with Gasteiger partial charge in [-0.15, -0.1) is 5.10 Å². The van der Waals surface area contributed by atoms with E-state index in [0.717, 1.165) is 54.3 Å². The van der Waals surface area contributed by atoms with Crippen LogP contribution in [0, 0.1) is 0 Å². The third kappa shape index (κ3) is 2.08. The number of aromatic nitrogens is 3. The number of anilines is 1. The van der Waals surface area contributed by atoms with Gasteiger partial charge in [0.15, 0.2) is 0 Å². The molecule has 5 heteroatoms. The molecule has 0 radical (unpaired) electrons. The van der Waals surface area contributed by atoms with Crippen molar-refractivity contribution < 1.29 is 4.79 Å². The van der Waals surface area contributed by atoms with Crippen molar-refractivity contribution in [2.24, 2.45) is 7.05 Å². The Labute approximate surface area is 141 Å². The minimum absolute atomic E-state index is 0.0799. The Morgan fingerprint density at radius 3 is 2.88 bits per heavy atom. The molecular weight excluding hydrogens is 300 g/mol. The van der Waals surface area contributed by atoms with Gasteiger partial charge in [-0.25, -0.2) is 0 Å². The van der Waals surface area contributed by atoms with Gasteiger partial charge in [-0.3, -0.25) is 4.79 Å². The van der Waals surface area contributed by atoms with Gasteiger partial charge in [0, 0.05) is 29.2 Å². The van der Waals surface area contributed by atoms with Crippen LogP contribution in [-0.2, 0) is 26.3 Å². The van der Waals surface area contributed by atoms with Gasteiger partial charge in [0.05, 0.1) is 11.3 Å². The average molecular weight is 322 g/mol. The van der Waals surface area contributed by atoms with Gasteiger partial charge in [0.2, 0.25) is 0 Å². The summed E-state index contributed by atoms with van der Waals surface area (Å²) < 4.78 is 3.69. The van der Waals surface area contributed by atoms with Crippen molar-refractivity contribution in [3.05, 3.63) is 46.8 Å². The molecule has 1 aliphatic rings. The Balaban J connectivity index is 1.88. The summed E-state index contributed by atoms with van der Waals surface area (Å²) in [5.41, 5.74) is 11.1. The zero-order valence-corrected chi connectivity index (χ0v) is 14.2. The number of rotatable bonds is 2. The smallest absolute Gasteiger partial charge is 0.279 e. The van der Waals surface area contributed by atoms with Crippen molar-refractivity contribution in [1.29, 1.82) is 0 Å². The van der Waals surface area contributed by atoms with Crippen molar-refractivity contribution in [3.8, 4) is 0 Å². The maximum atomic E-state index is 13.2. The van der Waals surface area contributed by atoms with Crippen LogP contribution >= 0.6 is 0 Å². The van der Waals surface area contributed by atoms with E-state index in [2.05, 4.69) is 28.7 Å². The fourth-order valence-electron chi connectivity index (χ4n) is 3.85. The van der Waals surface area contributed by atoms with E-state index in [-0.39, 0.29) is 5.91 Å². The Bertz CT molecular complexity index is 948. The maximum absolute atomic E-state index is 13.2. The number of aryl methyl sites for hydroxylation is 2. The van der Waals surface area contributed by atoms with E-state index < -0.39 is 0 Å². The highest BCUT2D eigenvalue weighted by Gasteiger charge is 2.24. The highest BCUT2D eigenvalue weighted by atomic mass is 16.2. The largest absolute Gasteiger partial charge is 0.382 e. The van der Waals surface area contributed by atoms with Crippen LogP contribution in [0.4, 0.5) is 5.82 Å². The zero-order valence-electron chi connectivity index (χ0n) is 14.2. The van der Waals surface area contributed by atoms with Gasteiger partial charge < -0.3 is 10.3 Å². The fourth-order valence-corrected chi connectivity index (χ4v) is 3.85. The van der Waals surface area contributed by atoms with E-state index in [4.69, 9.17) is 5.73 Å². The van der Waals surface area contributed by atoms with Gasteiger partial charge in [0.1, 0.15) is 5.82 Å². The Kier molecular flexibility index (Phi) is 3.44. The van der Waals surface area contributed by atoms with Gasteiger partial charge >= 0.3 is 0 Å². The summed E-state index contributed by atoms with van der Waals surface area (Å²) in [4.78, 5) is 13.2. The van der Waals surface area contributed by atoms with E-state index in [0.29, 0.717) is 11.4 Å². The third-order valence-electron chi connectivity index (χ3n) is 5.18. The molecule has 0 aliphatic heterocycles. The Morgan fingerprint density at radius 2 is 2.08 bits per heavy atom. The minimum atomic E-state index is -0.0799. The first-order valence-corrected chi connectivity index (χ1v) is 8.60. The molecule has 2 heterocycles. The van der Waals surface area contributed by atoms with Gasteiger partial charge in [-0.2, -0.15) is 4.68 Å². The molecule has 0 spiro atoms. The summed E-state index contributed by atoms with van der Waals surface area (Å²) in [5, 5.41) is 5.35. The quantitative estimate of drug-likeness (QED) is 0.788. The standard InChI is InChI=1S/C19H22N4O/c1-3-12-11-15-13(8-6-10-16(15)22(12)2)19(24)23-17-9-5-4-7-14(17)18(20)21-23/h6,8,10-11H,3-5,7,9H2,1-2H3,(H2,20,21). The lowest BCUT2D eigenvalue weighted by Gasteiger charge is -2.13. The lowest BCUT2D eigenvalue weighted by atomic mass is 9.97. The zero-order chi connectivity index (χ0) is 16.8. The van der Waals surface area contributed by atoms with Crippen LogP contribution in [0.5, 0.6) is 0 Å². The molecule has 1 aromatic carbocycles. The molecule has 0 atom stereocenters. The first kappa shape index (κ1) is 15.0. The molecule has 2 aromatic heterocycles. The normalized spacial score (nSPS) is 14.1. The van der Waals surface area contributed by atoms with Crippen LogP contribution in [0.3, 0.4) is 0 Å². The molecule has 0 saturated carbocycles. The van der Waals surface area contributed by atoms with Gasteiger partial charge in [-0.1, -0.05) is 13.0 Å². The lowest BCUT2D eigenvalue weighted by Crippen LogP contribution is -2.18. The Hall–Kier alpha value is -2.56. The van der Waals surface area contributed by atoms with E-state index >= 15 is 0 Å². The molecule has 0 amide bonds. The third-order valence-corrected chi connectivity index (χ3v) is 5.18. The number of nitrogens with zero attached hydrogens (tertiary/aromatic N) is 3. The molecule has 5 nitrogen and oxygen atoms in total. The van der Waals surface area contributed by atoms with Gasteiger partial charge in [0.25, 0.3) is 5.91 Å². The Morgan fingerprint density at radius 1 is 1.29 bits per heavy atom. The van der Waals surface area contributed by atoms with Crippen LogP contribution in [-0.4, -0.2) is 20.3 Å². The molecule has 24 heavy (non-hydrogen) atoms. The van der Waals surface area contributed by atoms with E-state index in [1.165, 1.54) is 10.4 Å². The lowest BCUT2D eigenvalue weighted by molar-refractivity contribution is 0.0943. The number of nitrogen functional groups attached to an aromatic ring is 1. The summed E-state index contributed by atoms with van der Waals surface area (Å²) in [7, 11) is 2.04. The van der Waals surface area contributed by atoms with E-state index in [9.17, 15) is 4.79 Å². The summed E-state index contributed by atoms with van der Waals surface area (Å²) in [6.07, 6.45) is 4.93. The molecule has 3 aromatic rings. The van der Waals surface area contributed by atoms with E-state index in [1.54, 1.807) is 0 Å². The highest BCUT2D eigenvalue weighted by Crippen LogP contribution is 2.28. The topological polar surface area (TPSA) is 65.8 Å². The van der Waals surface area contributed by atoms with Crippen LogP contribution in [0.2, 0.25) is 0 Å². The molecule has 4 rings (SSSR count). The average Bonchev–Trinajstić information content (AvgIpc) is 3.12. The van der Waals surface area contributed by atoms with Crippen molar-refractivity contribution in [1.82, 2.24) is 14.3 Å². The molecule has 2 N–H and O–H groups in total. The first-order valence-electron chi connectivity index (χ1n) is 8.60. The first-order chi connectivity index (χ1) is 11.6. The molecule has 0 saturated heterocycles. The second-order valence-electron chi connectivity index (χ2n) is 6.52. The SMILES string of the molecule is CCc1cc2c(C(=O)n3nc(N)c4c3CCCC4)cccc2n1C. The van der Waals surface area contributed by atoms with Crippen molar-refractivity contribution >= 4 is 22.6 Å². The predicted octanol–water partition coefficient (Wildman–Crippen LogP) is 3.09. The van der Waals surface area contributed by atoms with Crippen molar-refractivity contribution in [2.45, 2.75) is 39.0 Å². The second kappa shape index (κ2) is 5.51. The molecule has 124 valence electrons. The minimum Gasteiger partial charge on any atom is -0.382 e. The van der Waals surface area contributed by atoms with Crippen LogP contribution in [0.15, 0.2) is 24.3 Å². The highest BCUT2D eigenvalue weighted by molar-refractivity contribution is 6.07. The summed E-state index contributed by atoms with van der Waals surface area (Å²) in [6, 6.07) is 7.99. The number of carbonyl (C=O) groups excluding carboxylic acids is 1. The number of hydrogen-bond acceptors (Lipinski definition) is 3.